The molecule has 2 saturated heterocycles. The van der Waals surface area contributed by atoms with E-state index in [0.29, 0.717) is 23.9 Å². The van der Waals surface area contributed by atoms with Gasteiger partial charge in [0.05, 0.1) is 0 Å². The number of fused-ring (bicyclic) bond motifs is 2. The highest BCUT2D eigenvalue weighted by atomic mass is 16.2. The van der Waals surface area contributed by atoms with Crippen LogP contribution >= 0.6 is 0 Å². The first kappa shape index (κ1) is 14.3. The molecular weight excluding hydrogens is 250 g/mol. The van der Waals surface area contributed by atoms with Crippen molar-refractivity contribution < 1.29 is 4.79 Å². The summed E-state index contributed by atoms with van der Waals surface area (Å²) in [5.41, 5.74) is 6.12. The summed E-state index contributed by atoms with van der Waals surface area (Å²) in [6, 6.07) is 1.50. The number of nitrogens with two attached hydrogens (primary N) is 1. The summed E-state index contributed by atoms with van der Waals surface area (Å²) < 4.78 is 0. The average molecular weight is 279 g/mol. The van der Waals surface area contributed by atoms with Crippen molar-refractivity contribution in [3.63, 3.8) is 0 Å². The number of rotatable bonds is 1. The van der Waals surface area contributed by atoms with E-state index < -0.39 is 0 Å². The summed E-state index contributed by atoms with van der Waals surface area (Å²) in [7, 11) is 2.23. The van der Waals surface area contributed by atoms with Gasteiger partial charge in [0.2, 0.25) is 5.91 Å². The number of amides is 1. The lowest BCUT2D eigenvalue weighted by atomic mass is 9.79. The second kappa shape index (κ2) is 5.64. The molecule has 4 heteroatoms. The third kappa shape index (κ3) is 2.73. The van der Waals surface area contributed by atoms with Crippen molar-refractivity contribution in [2.24, 2.45) is 17.6 Å². The summed E-state index contributed by atoms with van der Waals surface area (Å²) in [5.74, 6) is 1.16. The van der Waals surface area contributed by atoms with Crippen molar-refractivity contribution >= 4 is 5.91 Å². The third-order valence-corrected chi connectivity index (χ3v) is 5.79. The van der Waals surface area contributed by atoms with Crippen molar-refractivity contribution in [3.05, 3.63) is 0 Å². The van der Waals surface area contributed by atoms with Gasteiger partial charge in [-0.3, -0.25) is 9.69 Å². The zero-order valence-corrected chi connectivity index (χ0v) is 12.9. The van der Waals surface area contributed by atoms with E-state index >= 15 is 0 Å². The minimum absolute atomic E-state index is 0.177. The lowest BCUT2D eigenvalue weighted by molar-refractivity contribution is -0.137. The van der Waals surface area contributed by atoms with E-state index in [0.717, 1.165) is 38.8 Å². The van der Waals surface area contributed by atoms with Crippen LogP contribution in [0.25, 0.3) is 0 Å². The molecule has 0 aromatic carbocycles. The van der Waals surface area contributed by atoms with Gasteiger partial charge in [-0.1, -0.05) is 6.92 Å². The summed E-state index contributed by atoms with van der Waals surface area (Å²) in [4.78, 5) is 17.5. The van der Waals surface area contributed by atoms with Crippen molar-refractivity contribution in [1.82, 2.24) is 9.80 Å². The van der Waals surface area contributed by atoms with E-state index in [9.17, 15) is 4.79 Å². The van der Waals surface area contributed by atoms with Crippen LogP contribution in [0.4, 0.5) is 0 Å². The number of likely N-dealkylation sites (N-methyl/N-ethyl adjacent to an activating group) is 1. The van der Waals surface area contributed by atoms with E-state index in [1.54, 1.807) is 0 Å². The van der Waals surface area contributed by atoms with Gasteiger partial charge in [0.1, 0.15) is 0 Å². The second-order valence-electron chi connectivity index (χ2n) is 7.39. The van der Waals surface area contributed by atoms with Gasteiger partial charge in [-0.05, 0) is 51.5 Å². The molecule has 4 nitrogen and oxygen atoms in total. The van der Waals surface area contributed by atoms with E-state index in [1.165, 1.54) is 12.8 Å². The topological polar surface area (TPSA) is 49.6 Å². The highest BCUT2D eigenvalue weighted by Crippen LogP contribution is 2.32. The molecule has 0 aromatic heterocycles. The maximum atomic E-state index is 12.8. The Kier molecular flexibility index (Phi) is 4.04. The van der Waals surface area contributed by atoms with Crippen LogP contribution in [0, 0.1) is 11.8 Å². The number of hydrogen-bond acceptors (Lipinski definition) is 3. The average Bonchev–Trinajstić information content (AvgIpc) is 2.61. The SMILES string of the molecule is CC1CC(N)CC(C(=O)N2CCC3CCC(C2)N3C)C1. The number of carbonyl (C=O) groups is 1. The molecule has 2 bridgehead atoms. The van der Waals surface area contributed by atoms with Gasteiger partial charge in [-0.25, -0.2) is 0 Å². The molecule has 2 N–H and O–H groups in total. The number of carbonyl (C=O) groups excluding carboxylic acids is 1. The molecule has 114 valence electrons. The van der Waals surface area contributed by atoms with Crippen LogP contribution in [0.15, 0.2) is 0 Å². The normalized spacial score (nSPS) is 42.5. The summed E-state index contributed by atoms with van der Waals surface area (Å²) in [6.45, 7) is 4.12. The molecule has 1 saturated carbocycles. The van der Waals surface area contributed by atoms with Crippen LogP contribution < -0.4 is 5.73 Å². The third-order valence-electron chi connectivity index (χ3n) is 5.79. The van der Waals surface area contributed by atoms with Crippen LogP contribution in [-0.2, 0) is 4.79 Å². The molecule has 1 amide bonds. The first-order valence-electron chi connectivity index (χ1n) is 8.31. The minimum atomic E-state index is 0.177. The van der Waals surface area contributed by atoms with Gasteiger partial charge in [-0.15, -0.1) is 0 Å². The van der Waals surface area contributed by atoms with E-state index in [-0.39, 0.29) is 12.0 Å². The van der Waals surface area contributed by atoms with Gasteiger partial charge in [0.15, 0.2) is 0 Å². The largest absolute Gasteiger partial charge is 0.341 e. The fourth-order valence-corrected chi connectivity index (χ4v) is 4.63. The van der Waals surface area contributed by atoms with Crippen molar-refractivity contribution in [2.45, 2.75) is 63.6 Å². The number of likely N-dealkylation sites (tertiary alicyclic amines) is 1. The van der Waals surface area contributed by atoms with Gasteiger partial charge in [0.25, 0.3) is 0 Å². The molecule has 0 aromatic rings. The maximum absolute atomic E-state index is 12.8. The van der Waals surface area contributed by atoms with E-state index in [2.05, 4.69) is 23.8 Å². The Morgan fingerprint density at radius 3 is 2.60 bits per heavy atom. The Labute approximate surface area is 122 Å². The van der Waals surface area contributed by atoms with Gasteiger partial charge >= 0.3 is 0 Å². The quantitative estimate of drug-likeness (QED) is 0.790. The van der Waals surface area contributed by atoms with Gasteiger partial charge < -0.3 is 10.6 Å². The van der Waals surface area contributed by atoms with Crippen LogP contribution in [0.1, 0.15) is 45.4 Å². The molecular formula is C16H29N3O. The molecule has 3 rings (SSSR count). The predicted molar refractivity (Wildman–Crippen MR) is 80.3 cm³/mol. The van der Waals surface area contributed by atoms with Crippen LogP contribution in [0.2, 0.25) is 0 Å². The van der Waals surface area contributed by atoms with E-state index in [1.807, 2.05) is 0 Å². The Balaban J connectivity index is 1.65. The standard InChI is InChI=1S/C16H29N3O/c1-11-7-12(9-13(17)8-11)16(20)19-6-5-14-3-4-15(10-19)18(14)2/h11-15H,3-10,17H2,1-2H3. The predicted octanol–water partition coefficient (Wildman–Crippen LogP) is 1.45. The Morgan fingerprint density at radius 2 is 1.85 bits per heavy atom. The molecule has 0 radical (unpaired) electrons. The molecule has 20 heavy (non-hydrogen) atoms. The minimum Gasteiger partial charge on any atom is -0.341 e. The molecule has 5 unspecified atom stereocenters. The highest BCUT2D eigenvalue weighted by Gasteiger charge is 2.38. The zero-order valence-electron chi connectivity index (χ0n) is 12.9. The van der Waals surface area contributed by atoms with E-state index in [4.69, 9.17) is 5.73 Å². The van der Waals surface area contributed by atoms with Crippen molar-refractivity contribution in [3.8, 4) is 0 Å². The lowest BCUT2D eigenvalue weighted by Crippen LogP contribution is -2.45. The molecule has 3 aliphatic rings. The Hall–Kier alpha value is -0.610. The monoisotopic (exact) mass is 279 g/mol. The van der Waals surface area contributed by atoms with Crippen LogP contribution in [0.5, 0.6) is 0 Å². The first-order valence-corrected chi connectivity index (χ1v) is 8.31. The zero-order chi connectivity index (χ0) is 14.3. The Bertz CT molecular complexity index is 363. The number of hydrogen-bond donors (Lipinski definition) is 1. The maximum Gasteiger partial charge on any atom is 0.225 e. The molecule has 3 fully saturated rings. The fourth-order valence-electron chi connectivity index (χ4n) is 4.63. The summed E-state index contributed by atoms with van der Waals surface area (Å²) in [5, 5.41) is 0. The second-order valence-corrected chi connectivity index (χ2v) is 7.39. The molecule has 2 aliphatic heterocycles. The fraction of sp³-hybridized carbons (Fsp3) is 0.938. The first-order chi connectivity index (χ1) is 9.54. The lowest BCUT2D eigenvalue weighted by Gasteiger charge is -2.35. The Morgan fingerprint density at radius 1 is 1.10 bits per heavy atom. The molecule has 5 atom stereocenters. The summed E-state index contributed by atoms with van der Waals surface area (Å²) >= 11 is 0. The highest BCUT2D eigenvalue weighted by molar-refractivity contribution is 5.79. The molecule has 2 heterocycles. The molecule has 1 aliphatic carbocycles. The van der Waals surface area contributed by atoms with Crippen molar-refractivity contribution in [2.75, 3.05) is 20.1 Å². The van der Waals surface area contributed by atoms with Gasteiger partial charge in [-0.2, -0.15) is 0 Å². The van der Waals surface area contributed by atoms with Gasteiger partial charge in [0, 0.05) is 37.1 Å². The van der Waals surface area contributed by atoms with Crippen LogP contribution in [0.3, 0.4) is 0 Å². The molecule has 0 spiro atoms. The van der Waals surface area contributed by atoms with Crippen molar-refractivity contribution in [1.29, 1.82) is 0 Å². The van der Waals surface area contributed by atoms with Crippen LogP contribution in [-0.4, -0.2) is 54.0 Å². The summed E-state index contributed by atoms with van der Waals surface area (Å²) in [6.07, 6.45) is 6.72. The smallest absolute Gasteiger partial charge is 0.225 e. The number of nitrogens with zero attached hydrogens (tertiary/aromatic N) is 2.